The van der Waals surface area contributed by atoms with E-state index in [4.69, 9.17) is 5.11 Å². The second kappa shape index (κ2) is 7.40. The zero-order chi connectivity index (χ0) is 16.0. The van der Waals surface area contributed by atoms with E-state index >= 15 is 0 Å². The highest BCUT2D eigenvalue weighted by Crippen LogP contribution is 2.21. The number of rotatable bonds is 7. The SMILES string of the molecule is CC(C)(CC(=O)O)NC(=O)CCSc1ccc(F)c(F)c1. The number of benzene rings is 1. The van der Waals surface area contributed by atoms with Crippen molar-refractivity contribution >= 4 is 23.6 Å². The molecule has 4 nitrogen and oxygen atoms in total. The summed E-state index contributed by atoms with van der Waals surface area (Å²) < 4.78 is 25.7. The average Bonchev–Trinajstić information content (AvgIpc) is 2.31. The number of carboxylic acids is 1. The fraction of sp³-hybridized carbons (Fsp3) is 0.429. The van der Waals surface area contributed by atoms with E-state index in [1.165, 1.54) is 17.8 Å². The number of hydrogen-bond donors (Lipinski definition) is 2. The molecule has 21 heavy (non-hydrogen) atoms. The molecule has 0 radical (unpaired) electrons. The summed E-state index contributed by atoms with van der Waals surface area (Å²) in [5, 5.41) is 11.3. The average molecular weight is 317 g/mol. The topological polar surface area (TPSA) is 66.4 Å². The van der Waals surface area contributed by atoms with Crippen LogP contribution in [0, 0.1) is 11.6 Å². The van der Waals surface area contributed by atoms with Gasteiger partial charge in [-0.25, -0.2) is 8.78 Å². The maximum atomic E-state index is 13.0. The Labute approximate surface area is 125 Å². The van der Waals surface area contributed by atoms with Crippen molar-refractivity contribution in [2.24, 2.45) is 0 Å². The fourth-order valence-corrected chi connectivity index (χ4v) is 2.56. The summed E-state index contributed by atoms with van der Waals surface area (Å²) in [4.78, 5) is 22.9. The first-order valence-electron chi connectivity index (χ1n) is 6.30. The number of carboxylic acid groups (broad SMARTS) is 1. The number of carbonyl (C=O) groups excluding carboxylic acids is 1. The third-order valence-corrected chi connectivity index (χ3v) is 3.56. The molecule has 1 rings (SSSR count). The first kappa shape index (κ1) is 17.4. The van der Waals surface area contributed by atoms with Crippen LogP contribution in [0.3, 0.4) is 0 Å². The van der Waals surface area contributed by atoms with E-state index in [1.54, 1.807) is 13.8 Å². The number of halogens is 2. The molecule has 0 saturated heterocycles. The lowest BCUT2D eigenvalue weighted by Gasteiger charge is -2.24. The van der Waals surface area contributed by atoms with E-state index in [-0.39, 0.29) is 18.7 Å². The highest BCUT2D eigenvalue weighted by molar-refractivity contribution is 7.99. The van der Waals surface area contributed by atoms with Crippen molar-refractivity contribution in [3.8, 4) is 0 Å². The van der Waals surface area contributed by atoms with E-state index in [2.05, 4.69) is 5.32 Å². The van der Waals surface area contributed by atoms with Gasteiger partial charge in [-0.05, 0) is 32.0 Å². The maximum absolute atomic E-state index is 13.0. The second-order valence-electron chi connectivity index (χ2n) is 5.18. The predicted octanol–water partition coefficient (Wildman–Crippen LogP) is 2.82. The third-order valence-electron chi connectivity index (χ3n) is 2.56. The number of nitrogens with one attached hydrogen (secondary N) is 1. The van der Waals surface area contributed by atoms with Gasteiger partial charge in [0.2, 0.25) is 5.91 Å². The molecular formula is C14H17F2NO3S. The van der Waals surface area contributed by atoms with Crippen molar-refractivity contribution < 1.29 is 23.5 Å². The molecule has 0 spiro atoms. The lowest BCUT2D eigenvalue weighted by Crippen LogP contribution is -2.45. The van der Waals surface area contributed by atoms with Crippen LogP contribution in [-0.2, 0) is 9.59 Å². The molecule has 1 amide bonds. The Balaban J connectivity index is 2.39. The van der Waals surface area contributed by atoms with Gasteiger partial charge in [-0.3, -0.25) is 9.59 Å². The first-order valence-corrected chi connectivity index (χ1v) is 7.29. The van der Waals surface area contributed by atoms with Crippen LogP contribution in [0.5, 0.6) is 0 Å². The molecule has 116 valence electrons. The molecule has 0 aromatic heterocycles. The molecule has 2 N–H and O–H groups in total. The first-order chi connectivity index (χ1) is 9.69. The van der Waals surface area contributed by atoms with E-state index in [0.717, 1.165) is 12.1 Å². The molecule has 0 aliphatic rings. The molecule has 7 heteroatoms. The van der Waals surface area contributed by atoms with E-state index in [9.17, 15) is 18.4 Å². The van der Waals surface area contributed by atoms with Crippen LogP contribution in [0.15, 0.2) is 23.1 Å². The minimum atomic E-state index is -0.989. The highest BCUT2D eigenvalue weighted by Gasteiger charge is 2.23. The quantitative estimate of drug-likeness (QED) is 0.759. The van der Waals surface area contributed by atoms with Gasteiger partial charge in [-0.1, -0.05) is 0 Å². The van der Waals surface area contributed by atoms with E-state index < -0.39 is 23.1 Å². The van der Waals surface area contributed by atoms with Crippen LogP contribution in [0.4, 0.5) is 8.78 Å². The number of aliphatic carboxylic acids is 1. The van der Waals surface area contributed by atoms with Gasteiger partial charge >= 0.3 is 5.97 Å². The third kappa shape index (κ3) is 6.57. The van der Waals surface area contributed by atoms with Crippen molar-refractivity contribution in [3.63, 3.8) is 0 Å². The Morgan fingerprint density at radius 2 is 1.95 bits per heavy atom. The van der Waals surface area contributed by atoms with Crippen molar-refractivity contribution in [1.29, 1.82) is 0 Å². The van der Waals surface area contributed by atoms with Crippen LogP contribution >= 0.6 is 11.8 Å². The van der Waals surface area contributed by atoms with Gasteiger partial charge in [-0.2, -0.15) is 0 Å². The largest absolute Gasteiger partial charge is 0.481 e. The zero-order valence-corrected chi connectivity index (χ0v) is 12.6. The lowest BCUT2D eigenvalue weighted by atomic mass is 10.0. The fourth-order valence-electron chi connectivity index (χ4n) is 1.69. The van der Waals surface area contributed by atoms with Crippen LogP contribution in [0.2, 0.25) is 0 Å². The van der Waals surface area contributed by atoms with Gasteiger partial charge in [-0.15, -0.1) is 11.8 Å². The minimum absolute atomic E-state index is 0.159. The standard InChI is InChI=1S/C14H17F2NO3S/c1-14(2,8-13(19)20)17-12(18)5-6-21-9-3-4-10(15)11(16)7-9/h3-4,7H,5-6,8H2,1-2H3,(H,17,18)(H,19,20). The number of thioether (sulfide) groups is 1. The Morgan fingerprint density at radius 1 is 1.29 bits per heavy atom. The summed E-state index contributed by atoms with van der Waals surface area (Å²) in [6.45, 7) is 3.25. The molecule has 0 atom stereocenters. The van der Waals surface area contributed by atoms with Gasteiger partial charge < -0.3 is 10.4 Å². The summed E-state index contributed by atoms with van der Waals surface area (Å²) in [6, 6.07) is 3.55. The molecule has 1 aromatic rings. The van der Waals surface area contributed by atoms with Crippen molar-refractivity contribution in [2.45, 2.75) is 37.1 Å². The summed E-state index contributed by atoms with van der Waals surface area (Å²) in [5.41, 5.74) is -0.824. The predicted molar refractivity (Wildman–Crippen MR) is 76.2 cm³/mol. The number of carbonyl (C=O) groups is 2. The van der Waals surface area contributed by atoms with Gasteiger partial charge in [0.1, 0.15) is 0 Å². The Hall–Kier alpha value is -1.63. The molecule has 1 aromatic carbocycles. The maximum Gasteiger partial charge on any atom is 0.305 e. The molecular weight excluding hydrogens is 300 g/mol. The normalized spacial score (nSPS) is 11.2. The van der Waals surface area contributed by atoms with Crippen LogP contribution < -0.4 is 5.32 Å². The van der Waals surface area contributed by atoms with E-state index in [0.29, 0.717) is 10.6 Å². The van der Waals surface area contributed by atoms with Crippen LogP contribution in [0.25, 0.3) is 0 Å². The van der Waals surface area contributed by atoms with Gasteiger partial charge in [0, 0.05) is 22.6 Å². The summed E-state index contributed by atoms with van der Waals surface area (Å²) >= 11 is 1.23. The van der Waals surface area contributed by atoms with E-state index in [1.807, 2.05) is 0 Å². The Bertz CT molecular complexity index is 535. The Kier molecular flexibility index (Phi) is 6.14. The number of hydrogen-bond acceptors (Lipinski definition) is 3. The minimum Gasteiger partial charge on any atom is -0.481 e. The lowest BCUT2D eigenvalue weighted by molar-refractivity contribution is -0.138. The monoisotopic (exact) mass is 317 g/mol. The van der Waals surface area contributed by atoms with Gasteiger partial charge in [0.25, 0.3) is 0 Å². The van der Waals surface area contributed by atoms with Crippen LogP contribution in [0.1, 0.15) is 26.7 Å². The summed E-state index contributed by atoms with van der Waals surface area (Å²) in [6.07, 6.45) is -0.0121. The van der Waals surface area contributed by atoms with Gasteiger partial charge in [0.05, 0.1) is 6.42 Å². The molecule has 0 bridgehead atoms. The molecule has 0 aliphatic heterocycles. The molecule has 0 heterocycles. The van der Waals surface area contributed by atoms with Gasteiger partial charge in [0.15, 0.2) is 11.6 Å². The molecule has 0 unspecified atom stereocenters. The van der Waals surface area contributed by atoms with Crippen molar-refractivity contribution in [2.75, 3.05) is 5.75 Å². The molecule has 0 fully saturated rings. The Morgan fingerprint density at radius 3 is 2.52 bits per heavy atom. The summed E-state index contributed by atoms with van der Waals surface area (Å²) in [5.74, 6) is -2.72. The molecule has 0 saturated carbocycles. The number of amides is 1. The highest BCUT2D eigenvalue weighted by atomic mass is 32.2. The van der Waals surface area contributed by atoms with Crippen molar-refractivity contribution in [1.82, 2.24) is 5.32 Å². The summed E-state index contributed by atoms with van der Waals surface area (Å²) in [7, 11) is 0. The second-order valence-corrected chi connectivity index (χ2v) is 6.35. The molecule has 0 aliphatic carbocycles. The zero-order valence-electron chi connectivity index (χ0n) is 11.8. The smallest absolute Gasteiger partial charge is 0.305 e. The van der Waals surface area contributed by atoms with Crippen molar-refractivity contribution in [3.05, 3.63) is 29.8 Å². The van der Waals surface area contributed by atoms with Crippen LogP contribution in [-0.4, -0.2) is 28.3 Å².